The first kappa shape index (κ1) is 26.1. The van der Waals surface area contributed by atoms with Crippen molar-refractivity contribution in [2.75, 3.05) is 32.8 Å². The monoisotopic (exact) mass is 540 g/mol. The molecule has 36 heavy (non-hydrogen) atoms. The highest BCUT2D eigenvalue weighted by Crippen LogP contribution is 2.37. The van der Waals surface area contributed by atoms with E-state index in [1.807, 2.05) is 0 Å². The molecular formula is C23H23ClF2N4O5S. The Kier molecular flexibility index (Phi) is 8.29. The summed E-state index contributed by atoms with van der Waals surface area (Å²) in [7, 11) is 0. The Balaban J connectivity index is 1.72. The first-order valence-electron chi connectivity index (χ1n) is 11.1. The smallest absolute Gasteiger partial charge is 0.338 e. The van der Waals surface area contributed by atoms with Crippen LogP contribution in [0, 0.1) is 5.82 Å². The number of carboxylic acid groups (broad SMARTS) is 1. The zero-order valence-electron chi connectivity index (χ0n) is 19.1. The van der Waals surface area contributed by atoms with Crippen LogP contribution in [0.1, 0.15) is 23.5 Å². The van der Waals surface area contributed by atoms with E-state index in [9.17, 15) is 18.4 Å². The second-order valence-corrected chi connectivity index (χ2v) is 9.38. The molecule has 0 spiro atoms. The third-order valence-electron chi connectivity index (χ3n) is 5.59. The van der Waals surface area contributed by atoms with E-state index >= 15 is 0 Å². The van der Waals surface area contributed by atoms with Gasteiger partial charge < -0.3 is 19.9 Å². The Morgan fingerprint density at radius 3 is 2.83 bits per heavy atom. The number of carbonyl (C=O) groups is 2. The predicted octanol–water partition coefficient (Wildman–Crippen LogP) is 2.97. The summed E-state index contributed by atoms with van der Waals surface area (Å²) in [4.78, 5) is 34.6. The molecule has 0 bridgehead atoms. The van der Waals surface area contributed by atoms with Crippen LogP contribution in [0.3, 0.4) is 0 Å². The average Bonchev–Trinajstić information content (AvgIpc) is 3.47. The summed E-state index contributed by atoms with van der Waals surface area (Å²) in [5.41, 5.74) is 0.933. The summed E-state index contributed by atoms with van der Waals surface area (Å²) >= 11 is 7.68. The minimum atomic E-state index is -1.41. The van der Waals surface area contributed by atoms with E-state index in [2.05, 4.69) is 15.3 Å². The van der Waals surface area contributed by atoms with Crippen LogP contribution in [0.2, 0.25) is 5.02 Å². The van der Waals surface area contributed by atoms with Crippen molar-refractivity contribution >= 4 is 40.7 Å². The summed E-state index contributed by atoms with van der Waals surface area (Å²) in [5, 5.41) is 14.4. The standard InChI is InChI=1S/C23H23ClF2N4O5S/c1-2-34-23(33)19-16(9-30-8-15(26)17(10-30)35-11-18(31)32)28-21(22-27-5-6-36-22)29-20(19)13-4-3-12(25)7-14(13)24/h3-7,15,17,20H,2,8-11H2,1H3,(H,28,29)(H,31,32)/t15-,17?,20+/m1/s1. The highest BCUT2D eigenvalue weighted by molar-refractivity contribution is 7.11. The number of amidine groups is 1. The maximum absolute atomic E-state index is 14.6. The third kappa shape index (κ3) is 5.89. The molecule has 0 radical (unpaired) electrons. The molecule has 0 amide bonds. The molecule has 1 aromatic heterocycles. The van der Waals surface area contributed by atoms with Gasteiger partial charge in [0.05, 0.1) is 12.2 Å². The number of alkyl halides is 1. The number of halogens is 3. The summed E-state index contributed by atoms with van der Waals surface area (Å²) in [6.07, 6.45) is -0.729. The molecule has 1 unspecified atom stereocenters. The van der Waals surface area contributed by atoms with Crippen molar-refractivity contribution in [1.29, 1.82) is 0 Å². The fourth-order valence-electron chi connectivity index (χ4n) is 4.06. The van der Waals surface area contributed by atoms with E-state index in [4.69, 9.17) is 26.2 Å². The SMILES string of the molecule is CCOC(=O)C1=C(CN2CC(OCC(=O)O)[C@H](F)C2)NC(c2nccs2)=N[C@H]1c1ccc(F)cc1Cl. The maximum Gasteiger partial charge on any atom is 0.338 e. The predicted molar refractivity (Wildman–Crippen MR) is 128 cm³/mol. The lowest BCUT2D eigenvalue weighted by Gasteiger charge is -2.29. The Morgan fingerprint density at radius 2 is 2.17 bits per heavy atom. The minimum Gasteiger partial charge on any atom is -0.480 e. The van der Waals surface area contributed by atoms with Gasteiger partial charge in [0.15, 0.2) is 10.8 Å². The molecule has 9 nitrogen and oxygen atoms in total. The lowest BCUT2D eigenvalue weighted by molar-refractivity contribution is -0.145. The van der Waals surface area contributed by atoms with Gasteiger partial charge in [0, 0.05) is 47.5 Å². The van der Waals surface area contributed by atoms with Crippen LogP contribution in [0.25, 0.3) is 0 Å². The Labute approximate surface area is 214 Å². The van der Waals surface area contributed by atoms with Gasteiger partial charge in [-0.25, -0.2) is 23.4 Å². The van der Waals surface area contributed by atoms with Gasteiger partial charge in [-0.15, -0.1) is 11.3 Å². The van der Waals surface area contributed by atoms with Gasteiger partial charge >= 0.3 is 11.9 Å². The van der Waals surface area contributed by atoms with Gasteiger partial charge in [-0.3, -0.25) is 9.89 Å². The molecular weight excluding hydrogens is 518 g/mol. The normalized spacial score (nSPS) is 22.3. The molecule has 0 saturated carbocycles. The quantitative estimate of drug-likeness (QED) is 0.467. The zero-order valence-corrected chi connectivity index (χ0v) is 20.7. The molecule has 1 fully saturated rings. The number of carbonyl (C=O) groups excluding carboxylic acids is 1. The van der Waals surface area contributed by atoms with Crippen molar-refractivity contribution in [1.82, 2.24) is 15.2 Å². The Bertz CT molecular complexity index is 1190. The number of rotatable bonds is 9. The summed E-state index contributed by atoms with van der Waals surface area (Å²) in [5.74, 6) is -2.01. The summed E-state index contributed by atoms with van der Waals surface area (Å²) in [6.45, 7) is 1.32. The van der Waals surface area contributed by atoms with E-state index in [1.54, 1.807) is 23.4 Å². The van der Waals surface area contributed by atoms with Crippen molar-refractivity contribution in [3.05, 3.63) is 62.5 Å². The fraction of sp³-hybridized carbons (Fsp3) is 0.391. The second kappa shape index (κ2) is 11.4. The zero-order chi connectivity index (χ0) is 25.8. The van der Waals surface area contributed by atoms with Gasteiger partial charge in [-0.2, -0.15) is 0 Å². The van der Waals surface area contributed by atoms with Crippen LogP contribution in [0.5, 0.6) is 0 Å². The Hall–Kier alpha value is -2.93. The van der Waals surface area contributed by atoms with Crippen LogP contribution in [-0.4, -0.2) is 77.9 Å². The van der Waals surface area contributed by atoms with Crippen LogP contribution in [0.15, 0.2) is 46.0 Å². The molecule has 2 aliphatic rings. The lowest BCUT2D eigenvalue weighted by Crippen LogP contribution is -2.39. The van der Waals surface area contributed by atoms with Crippen LogP contribution >= 0.6 is 22.9 Å². The molecule has 4 rings (SSSR count). The summed E-state index contributed by atoms with van der Waals surface area (Å²) in [6, 6.07) is 2.88. The number of carboxylic acids is 1. The van der Waals surface area contributed by atoms with E-state index in [-0.39, 0.29) is 36.8 Å². The molecule has 13 heteroatoms. The van der Waals surface area contributed by atoms with Crippen molar-refractivity contribution in [3.8, 4) is 0 Å². The molecule has 2 aliphatic heterocycles. The molecule has 192 valence electrons. The third-order valence-corrected chi connectivity index (χ3v) is 6.70. The molecule has 3 atom stereocenters. The largest absolute Gasteiger partial charge is 0.480 e. The highest BCUT2D eigenvalue weighted by Gasteiger charge is 2.38. The summed E-state index contributed by atoms with van der Waals surface area (Å²) < 4.78 is 38.9. The number of hydrogen-bond donors (Lipinski definition) is 2. The number of hydrogen-bond acceptors (Lipinski definition) is 9. The maximum atomic E-state index is 14.6. The number of benzene rings is 1. The van der Waals surface area contributed by atoms with Gasteiger partial charge in [0.2, 0.25) is 0 Å². The number of aliphatic imine (C=N–C) groups is 1. The highest BCUT2D eigenvalue weighted by atomic mass is 35.5. The number of esters is 1. The number of likely N-dealkylation sites (tertiary alicyclic amines) is 1. The van der Waals surface area contributed by atoms with Crippen molar-refractivity contribution in [2.24, 2.45) is 4.99 Å². The van der Waals surface area contributed by atoms with E-state index in [0.29, 0.717) is 22.1 Å². The second-order valence-electron chi connectivity index (χ2n) is 8.07. The number of aromatic nitrogens is 1. The number of nitrogens with one attached hydrogen (secondary N) is 1. The van der Waals surface area contributed by atoms with Gasteiger partial charge in [0.25, 0.3) is 0 Å². The number of aliphatic carboxylic acids is 1. The van der Waals surface area contributed by atoms with Gasteiger partial charge in [-0.05, 0) is 19.1 Å². The van der Waals surface area contributed by atoms with Gasteiger partial charge in [0.1, 0.15) is 30.7 Å². The van der Waals surface area contributed by atoms with Crippen molar-refractivity contribution in [2.45, 2.75) is 25.2 Å². The van der Waals surface area contributed by atoms with E-state index < -0.39 is 42.7 Å². The van der Waals surface area contributed by atoms with Crippen LogP contribution in [-0.2, 0) is 19.1 Å². The van der Waals surface area contributed by atoms with Crippen LogP contribution < -0.4 is 5.32 Å². The topological polar surface area (TPSA) is 113 Å². The lowest BCUT2D eigenvalue weighted by atomic mass is 9.95. The number of nitrogens with zero attached hydrogens (tertiary/aromatic N) is 3. The molecule has 1 saturated heterocycles. The molecule has 0 aliphatic carbocycles. The first-order valence-corrected chi connectivity index (χ1v) is 12.3. The molecule has 2 N–H and O–H groups in total. The molecule has 1 aromatic carbocycles. The fourth-order valence-corrected chi connectivity index (χ4v) is 4.92. The van der Waals surface area contributed by atoms with Crippen molar-refractivity contribution in [3.63, 3.8) is 0 Å². The minimum absolute atomic E-state index is 0.0305. The Morgan fingerprint density at radius 1 is 1.36 bits per heavy atom. The molecule has 2 aromatic rings. The van der Waals surface area contributed by atoms with E-state index in [1.165, 1.54) is 23.5 Å². The average molecular weight is 541 g/mol. The van der Waals surface area contributed by atoms with E-state index in [0.717, 1.165) is 6.07 Å². The molecule has 3 heterocycles. The van der Waals surface area contributed by atoms with Crippen molar-refractivity contribution < 1.29 is 33.0 Å². The number of thiazole rings is 1. The van der Waals surface area contributed by atoms with Gasteiger partial charge in [-0.1, -0.05) is 17.7 Å². The van der Waals surface area contributed by atoms with Crippen LogP contribution in [0.4, 0.5) is 8.78 Å². The number of ether oxygens (including phenoxy) is 2. The first-order chi connectivity index (χ1) is 17.3.